The van der Waals surface area contributed by atoms with Crippen molar-refractivity contribution in [3.63, 3.8) is 0 Å². The molecule has 32 heavy (non-hydrogen) atoms. The number of para-hydroxylation sites is 1. The van der Waals surface area contributed by atoms with E-state index in [1.807, 2.05) is 12.1 Å². The maximum absolute atomic E-state index is 12.3. The lowest BCUT2D eigenvalue weighted by atomic mass is 10.2. The summed E-state index contributed by atoms with van der Waals surface area (Å²) in [6.45, 7) is 0.523. The number of nitrogens with one attached hydrogen (secondary N) is 2. The molecule has 8 nitrogen and oxygen atoms in total. The highest BCUT2D eigenvalue weighted by atomic mass is 16.5. The number of methoxy groups -OCH3 is 2. The molecule has 166 valence electrons. The normalized spacial score (nSPS) is 10.2. The van der Waals surface area contributed by atoms with E-state index in [0.717, 1.165) is 5.56 Å². The van der Waals surface area contributed by atoms with Crippen LogP contribution in [0.5, 0.6) is 17.2 Å². The number of hydrogen-bond donors (Lipinski definition) is 2. The fourth-order valence-corrected chi connectivity index (χ4v) is 2.95. The highest BCUT2D eigenvalue weighted by molar-refractivity contribution is 5.97. The molecule has 0 unspecified atom stereocenters. The molecule has 2 N–H and O–H groups in total. The van der Waals surface area contributed by atoms with E-state index in [1.165, 1.54) is 7.11 Å². The first-order valence-electron chi connectivity index (χ1n) is 10.0. The second-order valence-corrected chi connectivity index (χ2v) is 6.76. The second-order valence-electron chi connectivity index (χ2n) is 6.76. The van der Waals surface area contributed by atoms with Crippen molar-refractivity contribution in [3.8, 4) is 17.2 Å². The third-order valence-electron chi connectivity index (χ3n) is 4.58. The summed E-state index contributed by atoms with van der Waals surface area (Å²) in [6, 6.07) is 15.8. The van der Waals surface area contributed by atoms with Gasteiger partial charge in [-0.3, -0.25) is 14.6 Å². The van der Waals surface area contributed by atoms with Crippen LogP contribution in [-0.2, 0) is 11.4 Å². The number of nitrogens with zero attached hydrogens (tertiary/aromatic N) is 1. The summed E-state index contributed by atoms with van der Waals surface area (Å²) in [7, 11) is 3.06. The van der Waals surface area contributed by atoms with Crippen LogP contribution in [0.4, 0.5) is 5.69 Å². The molecule has 0 atom stereocenters. The molecule has 0 fully saturated rings. The van der Waals surface area contributed by atoms with Gasteiger partial charge in [-0.2, -0.15) is 0 Å². The van der Waals surface area contributed by atoms with E-state index in [2.05, 4.69) is 15.6 Å². The van der Waals surface area contributed by atoms with Crippen molar-refractivity contribution >= 4 is 17.5 Å². The highest BCUT2D eigenvalue weighted by Crippen LogP contribution is 2.31. The van der Waals surface area contributed by atoms with Crippen LogP contribution in [0.2, 0.25) is 0 Å². The van der Waals surface area contributed by atoms with E-state index in [9.17, 15) is 9.59 Å². The zero-order chi connectivity index (χ0) is 22.8. The van der Waals surface area contributed by atoms with E-state index in [-0.39, 0.29) is 24.8 Å². The number of hydrogen-bond acceptors (Lipinski definition) is 6. The Balaban J connectivity index is 1.53. The van der Waals surface area contributed by atoms with Crippen LogP contribution in [0.15, 0.2) is 67.0 Å². The number of aromatic nitrogens is 1. The van der Waals surface area contributed by atoms with Gasteiger partial charge in [0.15, 0.2) is 11.5 Å². The minimum Gasteiger partial charge on any atom is -0.496 e. The average molecular weight is 435 g/mol. The Labute approximate surface area is 186 Å². The average Bonchev–Trinajstić information content (AvgIpc) is 2.83. The van der Waals surface area contributed by atoms with Crippen LogP contribution in [-0.4, -0.2) is 37.6 Å². The molecule has 0 saturated heterocycles. The van der Waals surface area contributed by atoms with Crippen molar-refractivity contribution in [2.75, 3.05) is 26.1 Å². The largest absolute Gasteiger partial charge is 0.496 e. The minimum absolute atomic E-state index is 0.111. The summed E-state index contributed by atoms with van der Waals surface area (Å²) in [5.41, 5.74) is 1.94. The quantitative estimate of drug-likeness (QED) is 0.506. The number of carbonyl (C=O) groups excluding carboxylic acids is 2. The predicted octanol–water partition coefficient (Wildman–Crippen LogP) is 3.44. The third-order valence-corrected chi connectivity index (χ3v) is 4.58. The summed E-state index contributed by atoms with van der Waals surface area (Å²) in [5, 5.41) is 5.54. The van der Waals surface area contributed by atoms with Crippen LogP contribution >= 0.6 is 0 Å². The fourth-order valence-electron chi connectivity index (χ4n) is 2.95. The van der Waals surface area contributed by atoms with Gasteiger partial charge in [0, 0.05) is 37.1 Å². The molecule has 1 heterocycles. The summed E-state index contributed by atoms with van der Waals surface area (Å²) < 4.78 is 16.4. The van der Waals surface area contributed by atoms with E-state index in [4.69, 9.17) is 14.2 Å². The van der Waals surface area contributed by atoms with Gasteiger partial charge < -0.3 is 24.8 Å². The maximum atomic E-state index is 12.3. The molecule has 2 aromatic carbocycles. The highest BCUT2D eigenvalue weighted by Gasteiger charge is 2.12. The Morgan fingerprint density at radius 3 is 2.41 bits per heavy atom. The minimum atomic E-state index is -0.300. The molecule has 1 aromatic heterocycles. The van der Waals surface area contributed by atoms with Crippen molar-refractivity contribution in [2.45, 2.75) is 13.0 Å². The van der Waals surface area contributed by atoms with E-state index in [1.54, 1.807) is 62.0 Å². The van der Waals surface area contributed by atoms with Crippen molar-refractivity contribution in [1.82, 2.24) is 10.3 Å². The van der Waals surface area contributed by atoms with Gasteiger partial charge in [0.1, 0.15) is 12.4 Å². The van der Waals surface area contributed by atoms with Crippen LogP contribution in [0, 0.1) is 0 Å². The van der Waals surface area contributed by atoms with Gasteiger partial charge >= 0.3 is 0 Å². The predicted molar refractivity (Wildman–Crippen MR) is 120 cm³/mol. The SMILES string of the molecule is COc1ccc(NC(=O)CCNC(=O)c2ccccc2OC)cc1OCc1ccncc1. The van der Waals surface area contributed by atoms with Crippen LogP contribution < -0.4 is 24.8 Å². The van der Waals surface area contributed by atoms with E-state index < -0.39 is 0 Å². The van der Waals surface area contributed by atoms with E-state index >= 15 is 0 Å². The Morgan fingerprint density at radius 2 is 1.66 bits per heavy atom. The van der Waals surface area contributed by atoms with Gasteiger partial charge in [0.2, 0.25) is 5.91 Å². The molecule has 2 amide bonds. The first-order valence-corrected chi connectivity index (χ1v) is 10.0. The second kappa shape index (κ2) is 11.4. The molecule has 3 aromatic rings. The van der Waals surface area contributed by atoms with Gasteiger partial charge in [0.25, 0.3) is 5.91 Å². The van der Waals surface area contributed by atoms with Gasteiger partial charge in [-0.15, -0.1) is 0 Å². The van der Waals surface area contributed by atoms with E-state index in [0.29, 0.717) is 35.1 Å². The molecule has 0 radical (unpaired) electrons. The summed E-state index contributed by atoms with van der Waals surface area (Å²) in [5.74, 6) is 1.00. The Morgan fingerprint density at radius 1 is 0.906 bits per heavy atom. The summed E-state index contributed by atoms with van der Waals surface area (Å²) in [4.78, 5) is 28.6. The van der Waals surface area contributed by atoms with Gasteiger partial charge in [0.05, 0.1) is 19.8 Å². The smallest absolute Gasteiger partial charge is 0.255 e. The molecule has 8 heteroatoms. The standard InChI is InChI=1S/C24H25N3O5/c1-30-20-6-4-3-5-19(20)24(29)26-14-11-23(28)27-18-7-8-21(31-2)22(15-18)32-16-17-9-12-25-13-10-17/h3-10,12-13,15H,11,14,16H2,1-2H3,(H,26,29)(H,27,28). The van der Waals surface area contributed by atoms with Crippen LogP contribution in [0.3, 0.4) is 0 Å². The maximum Gasteiger partial charge on any atom is 0.255 e. The molecule has 3 rings (SSSR count). The number of benzene rings is 2. The van der Waals surface area contributed by atoms with Crippen molar-refractivity contribution < 1.29 is 23.8 Å². The lowest BCUT2D eigenvalue weighted by Gasteiger charge is -2.13. The monoisotopic (exact) mass is 435 g/mol. The molecular formula is C24H25N3O5. The van der Waals surface area contributed by atoms with Gasteiger partial charge in [-0.05, 0) is 42.0 Å². The molecular weight excluding hydrogens is 410 g/mol. The molecule has 0 spiro atoms. The zero-order valence-electron chi connectivity index (χ0n) is 18.0. The molecule has 0 bridgehead atoms. The number of carbonyl (C=O) groups is 2. The number of anilines is 1. The first kappa shape index (κ1) is 22.6. The topological polar surface area (TPSA) is 98.8 Å². The van der Waals surface area contributed by atoms with Crippen molar-refractivity contribution in [2.24, 2.45) is 0 Å². The number of pyridine rings is 1. The van der Waals surface area contributed by atoms with Crippen molar-refractivity contribution in [3.05, 3.63) is 78.1 Å². The third kappa shape index (κ3) is 6.21. The number of rotatable bonds is 10. The van der Waals surface area contributed by atoms with Crippen LogP contribution in [0.1, 0.15) is 22.3 Å². The lowest BCUT2D eigenvalue weighted by Crippen LogP contribution is -2.28. The zero-order valence-corrected chi connectivity index (χ0v) is 18.0. The van der Waals surface area contributed by atoms with Gasteiger partial charge in [-0.1, -0.05) is 12.1 Å². The Bertz CT molecular complexity index is 1060. The Kier molecular flexibility index (Phi) is 8.02. The van der Waals surface area contributed by atoms with Crippen LogP contribution in [0.25, 0.3) is 0 Å². The summed E-state index contributed by atoms with van der Waals surface area (Å²) in [6.07, 6.45) is 3.50. The summed E-state index contributed by atoms with van der Waals surface area (Å²) >= 11 is 0. The fraction of sp³-hybridized carbons (Fsp3) is 0.208. The molecule has 0 saturated carbocycles. The Hall–Kier alpha value is -4.07. The van der Waals surface area contributed by atoms with Gasteiger partial charge in [-0.25, -0.2) is 0 Å². The number of amides is 2. The lowest BCUT2D eigenvalue weighted by molar-refractivity contribution is -0.116. The first-order chi connectivity index (χ1) is 15.6. The molecule has 0 aliphatic rings. The molecule has 0 aliphatic carbocycles. The molecule has 0 aliphatic heterocycles. The van der Waals surface area contributed by atoms with Crippen molar-refractivity contribution in [1.29, 1.82) is 0 Å². The number of ether oxygens (including phenoxy) is 3.